The maximum atomic E-state index is 13.1. The molecule has 4 aromatic rings. The smallest absolute Gasteiger partial charge is 0.259 e. The van der Waals surface area contributed by atoms with Crippen LogP contribution in [0.15, 0.2) is 59.3 Å². The number of aromatic nitrogens is 2. The molecule has 0 saturated carbocycles. The summed E-state index contributed by atoms with van der Waals surface area (Å²) in [5, 5.41) is 4.40. The Morgan fingerprint density at radius 1 is 0.939 bits per heavy atom. The number of carbonyl (C=O) groups excluding carboxylic acids is 2. The molecule has 2 N–H and O–H groups in total. The van der Waals surface area contributed by atoms with Crippen molar-refractivity contribution in [3.8, 4) is 0 Å². The number of nitrogens with one attached hydrogen (secondary N) is 2. The second-order valence-electron chi connectivity index (χ2n) is 8.21. The number of likely N-dealkylation sites (N-methyl/N-ethyl adjacent to an activating group) is 1. The number of para-hydroxylation sites is 1. The fourth-order valence-electron chi connectivity index (χ4n) is 4.69. The van der Waals surface area contributed by atoms with Gasteiger partial charge in [-0.15, -0.1) is 0 Å². The number of aromatic amines is 1. The molecule has 168 valence electrons. The van der Waals surface area contributed by atoms with Crippen LogP contribution in [0.5, 0.6) is 0 Å². The zero-order chi connectivity index (χ0) is 23.1. The predicted molar refractivity (Wildman–Crippen MR) is 136 cm³/mol. The summed E-state index contributed by atoms with van der Waals surface area (Å²) in [4.78, 5) is 31.6. The number of halogens is 1. The van der Waals surface area contributed by atoms with E-state index in [2.05, 4.69) is 55.6 Å². The highest BCUT2D eigenvalue weighted by Gasteiger charge is 2.35. The molecule has 0 unspecified atom stereocenters. The third kappa shape index (κ3) is 3.71. The van der Waals surface area contributed by atoms with Crippen LogP contribution in [-0.4, -0.2) is 45.9 Å². The molecule has 0 bridgehead atoms. The van der Waals surface area contributed by atoms with E-state index in [0.29, 0.717) is 11.1 Å². The SMILES string of the molecule is CCN(CC)CCn1cc(C2=C(c3c[nH]c4ccccc34)C(=O)NC2=O)c2ccc(Br)cc21. The van der Waals surface area contributed by atoms with Crippen LogP contribution in [0, 0.1) is 0 Å². The first kappa shape index (κ1) is 21.7. The second kappa shape index (κ2) is 8.65. The highest BCUT2D eigenvalue weighted by atomic mass is 79.9. The van der Waals surface area contributed by atoms with E-state index in [1.54, 1.807) is 0 Å². The average Bonchev–Trinajstić information content (AvgIpc) is 3.47. The molecule has 0 fully saturated rings. The lowest BCUT2D eigenvalue weighted by Crippen LogP contribution is -2.26. The molecule has 1 aliphatic heterocycles. The first-order chi connectivity index (χ1) is 16.0. The van der Waals surface area contributed by atoms with Gasteiger partial charge in [0.15, 0.2) is 0 Å². The number of imide groups is 1. The summed E-state index contributed by atoms with van der Waals surface area (Å²) in [5.41, 5.74) is 4.33. The largest absolute Gasteiger partial charge is 0.361 e. The summed E-state index contributed by atoms with van der Waals surface area (Å²) >= 11 is 3.59. The van der Waals surface area contributed by atoms with Crippen molar-refractivity contribution in [2.24, 2.45) is 0 Å². The molecule has 0 atom stereocenters. The molecule has 0 radical (unpaired) electrons. The van der Waals surface area contributed by atoms with Crippen LogP contribution in [0.4, 0.5) is 0 Å². The lowest BCUT2D eigenvalue weighted by Gasteiger charge is -2.18. The van der Waals surface area contributed by atoms with E-state index in [0.717, 1.165) is 63.6 Å². The number of hydrogen-bond donors (Lipinski definition) is 2. The van der Waals surface area contributed by atoms with Crippen molar-refractivity contribution in [3.63, 3.8) is 0 Å². The van der Waals surface area contributed by atoms with Crippen molar-refractivity contribution < 1.29 is 9.59 Å². The Balaban J connectivity index is 1.71. The highest BCUT2D eigenvalue weighted by molar-refractivity contribution is 9.10. The Morgan fingerprint density at radius 3 is 2.42 bits per heavy atom. The standard InChI is InChI=1S/C26H25BrN4O2/c1-3-30(4-2)11-12-31-15-20(18-10-9-16(27)13-22(18)31)24-23(25(32)29-26(24)33)19-14-28-21-8-6-5-7-17(19)21/h5-10,13-15,28H,3-4,11-12H2,1-2H3,(H,29,32,33). The van der Waals surface area contributed by atoms with Crippen molar-refractivity contribution >= 4 is 60.7 Å². The van der Waals surface area contributed by atoms with Gasteiger partial charge in [-0.25, -0.2) is 0 Å². The van der Waals surface area contributed by atoms with Crippen LogP contribution in [0.3, 0.4) is 0 Å². The summed E-state index contributed by atoms with van der Waals surface area (Å²) in [5.74, 6) is -0.716. The van der Waals surface area contributed by atoms with E-state index in [1.165, 1.54) is 0 Å². The van der Waals surface area contributed by atoms with Crippen LogP contribution in [0.2, 0.25) is 0 Å². The third-order valence-corrected chi connectivity index (χ3v) is 6.95. The van der Waals surface area contributed by atoms with E-state index in [-0.39, 0.29) is 11.8 Å². The first-order valence-electron chi connectivity index (χ1n) is 11.2. The molecule has 0 saturated heterocycles. The van der Waals surface area contributed by atoms with Crippen LogP contribution in [0.25, 0.3) is 33.0 Å². The van der Waals surface area contributed by atoms with Crippen molar-refractivity contribution in [3.05, 3.63) is 70.5 Å². The molecular formula is C26H25BrN4O2. The van der Waals surface area contributed by atoms with Crippen molar-refractivity contribution in [1.82, 2.24) is 19.8 Å². The summed E-state index contributed by atoms with van der Waals surface area (Å²) in [7, 11) is 0. The first-order valence-corrected chi connectivity index (χ1v) is 12.0. The van der Waals surface area contributed by atoms with Gasteiger partial charge in [0.05, 0.1) is 11.1 Å². The Kier molecular flexibility index (Phi) is 5.68. The molecule has 2 aromatic heterocycles. The normalized spacial score (nSPS) is 14.3. The summed E-state index contributed by atoms with van der Waals surface area (Å²) in [6, 6.07) is 13.9. The fraction of sp³-hybridized carbons (Fsp3) is 0.231. The topological polar surface area (TPSA) is 70.1 Å². The van der Waals surface area contributed by atoms with Crippen LogP contribution in [0.1, 0.15) is 25.0 Å². The van der Waals surface area contributed by atoms with Crippen molar-refractivity contribution in [1.29, 1.82) is 0 Å². The molecule has 6 nitrogen and oxygen atoms in total. The second-order valence-corrected chi connectivity index (χ2v) is 9.12. The van der Waals surface area contributed by atoms with Crippen LogP contribution < -0.4 is 5.32 Å². The number of nitrogens with zero attached hydrogens (tertiary/aromatic N) is 2. The summed E-state index contributed by atoms with van der Waals surface area (Å²) < 4.78 is 3.16. The fourth-order valence-corrected chi connectivity index (χ4v) is 5.03. The van der Waals surface area contributed by atoms with E-state index in [1.807, 2.05) is 48.8 Å². The zero-order valence-electron chi connectivity index (χ0n) is 18.6. The molecule has 3 heterocycles. The third-order valence-electron chi connectivity index (χ3n) is 6.45. The van der Waals surface area contributed by atoms with Gasteiger partial charge in [0.25, 0.3) is 11.8 Å². The van der Waals surface area contributed by atoms with Gasteiger partial charge in [0.2, 0.25) is 0 Å². The highest BCUT2D eigenvalue weighted by Crippen LogP contribution is 2.38. The maximum absolute atomic E-state index is 13.1. The van der Waals surface area contributed by atoms with Gasteiger partial charge >= 0.3 is 0 Å². The molecule has 0 spiro atoms. The Labute approximate surface area is 200 Å². The van der Waals surface area contributed by atoms with E-state index >= 15 is 0 Å². The van der Waals surface area contributed by atoms with Gasteiger partial charge in [-0.1, -0.05) is 54.0 Å². The monoisotopic (exact) mass is 504 g/mol. The lowest BCUT2D eigenvalue weighted by molar-refractivity contribution is -0.122. The van der Waals surface area contributed by atoms with E-state index in [4.69, 9.17) is 0 Å². The number of benzene rings is 2. The van der Waals surface area contributed by atoms with E-state index < -0.39 is 0 Å². The minimum Gasteiger partial charge on any atom is -0.361 e. The van der Waals surface area contributed by atoms with Crippen LogP contribution in [-0.2, 0) is 16.1 Å². The zero-order valence-corrected chi connectivity index (χ0v) is 20.2. The average molecular weight is 505 g/mol. The summed E-state index contributed by atoms with van der Waals surface area (Å²) in [6.07, 6.45) is 3.83. The number of amides is 2. The number of rotatable bonds is 7. The van der Waals surface area contributed by atoms with Crippen LogP contribution >= 0.6 is 15.9 Å². The quantitative estimate of drug-likeness (QED) is 0.355. The molecule has 0 aliphatic carbocycles. The number of hydrogen-bond acceptors (Lipinski definition) is 3. The molecule has 7 heteroatoms. The van der Waals surface area contributed by atoms with Gasteiger partial charge in [-0.3, -0.25) is 14.9 Å². The molecule has 2 aromatic carbocycles. The lowest BCUT2D eigenvalue weighted by atomic mass is 9.95. The van der Waals surface area contributed by atoms with Gasteiger partial charge in [0.1, 0.15) is 0 Å². The number of H-pyrrole nitrogens is 1. The van der Waals surface area contributed by atoms with Crippen molar-refractivity contribution in [2.45, 2.75) is 20.4 Å². The Hall–Kier alpha value is -3.16. The minimum absolute atomic E-state index is 0.356. The van der Waals surface area contributed by atoms with Gasteiger partial charge < -0.3 is 14.5 Å². The van der Waals surface area contributed by atoms with Gasteiger partial charge in [0, 0.05) is 62.9 Å². The number of fused-ring (bicyclic) bond motifs is 2. The van der Waals surface area contributed by atoms with Gasteiger partial charge in [-0.05, 0) is 31.3 Å². The minimum atomic E-state index is -0.360. The Bertz CT molecular complexity index is 1420. The number of carbonyl (C=O) groups is 2. The maximum Gasteiger partial charge on any atom is 0.259 e. The van der Waals surface area contributed by atoms with E-state index in [9.17, 15) is 9.59 Å². The predicted octanol–water partition coefficient (Wildman–Crippen LogP) is 4.79. The van der Waals surface area contributed by atoms with Gasteiger partial charge in [-0.2, -0.15) is 0 Å². The molecule has 5 rings (SSSR count). The Morgan fingerprint density at radius 2 is 1.67 bits per heavy atom. The molecule has 2 amide bonds. The molecule has 33 heavy (non-hydrogen) atoms. The summed E-state index contributed by atoms with van der Waals surface area (Å²) in [6.45, 7) is 7.98. The molecule has 1 aliphatic rings. The van der Waals surface area contributed by atoms with Crippen molar-refractivity contribution in [2.75, 3.05) is 19.6 Å². The molecular weight excluding hydrogens is 480 g/mol.